The van der Waals surface area contributed by atoms with Gasteiger partial charge in [-0.25, -0.2) is 0 Å². The first kappa shape index (κ1) is 36.5. The van der Waals surface area contributed by atoms with Gasteiger partial charge in [0.25, 0.3) is 0 Å². The number of carbonyl (C=O) groups is 2. The summed E-state index contributed by atoms with van der Waals surface area (Å²) in [6.45, 7) is 5.63. The van der Waals surface area contributed by atoms with Crippen molar-refractivity contribution in [2.75, 3.05) is 47.2 Å². The minimum atomic E-state index is -0.651. The van der Waals surface area contributed by atoms with Gasteiger partial charge < -0.3 is 33.2 Å². The zero-order chi connectivity index (χ0) is 37.8. The number of methoxy groups -OCH3 is 2. The first-order chi connectivity index (χ1) is 26.2. The van der Waals surface area contributed by atoms with Crippen LogP contribution < -0.4 is 29.0 Å². The summed E-state index contributed by atoms with van der Waals surface area (Å²) in [6.07, 6.45) is 0.574. The molecule has 284 valence electrons. The van der Waals surface area contributed by atoms with Crippen molar-refractivity contribution < 1.29 is 42.7 Å². The van der Waals surface area contributed by atoms with Gasteiger partial charge in [0.2, 0.25) is 6.79 Å². The van der Waals surface area contributed by atoms with Crippen molar-refractivity contribution in [3.63, 3.8) is 0 Å². The lowest BCUT2D eigenvalue weighted by Crippen LogP contribution is -2.69. The molecular formula is C40H44N4O9S. The van der Waals surface area contributed by atoms with E-state index in [0.717, 1.165) is 27.8 Å². The van der Waals surface area contributed by atoms with Crippen LogP contribution in [0.1, 0.15) is 63.2 Å². The van der Waals surface area contributed by atoms with Gasteiger partial charge in [-0.1, -0.05) is 36.4 Å². The zero-order valence-electron chi connectivity index (χ0n) is 31.2. The fraction of sp³-hybridized carbons (Fsp3) is 0.475. The van der Waals surface area contributed by atoms with Gasteiger partial charge >= 0.3 is 11.9 Å². The maximum Gasteiger partial charge on any atom is 0.324 e. The summed E-state index contributed by atoms with van der Waals surface area (Å²) in [5, 5.41) is 14.1. The number of likely N-dealkylation sites (N-methyl/N-ethyl adjacent to an activating group) is 1. The molecule has 0 aliphatic carbocycles. The molecule has 2 saturated heterocycles. The van der Waals surface area contributed by atoms with E-state index in [0.29, 0.717) is 58.6 Å². The number of carbonyl (C=O) groups excluding carboxylic acids is 2. The van der Waals surface area contributed by atoms with Crippen LogP contribution in [0.15, 0.2) is 36.4 Å². The molecule has 6 aliphatic heterocycles. The lowest BCUT2D eigenvalue weighted by molar-refractivity contribution is -0.151. The lowest BCUT2D eigenvalue weighted by atomic mass is 9.71. The fourth-order valence-corrected chi connectivity index (χ4v) is 10.7. The highest BCUT2D eigenvalue weighted by molar-refractivity contribution is 7.99. The van der Waals surface area contributed by atoms with Crippen molar-refractivity contribution in [3.05, 3.63) is 75.3 Å². The molecule has 3 aromatic rings. The van der Waals surface area contributed by atoms with Crippen molar-refractivity contribution in [2.45, 2.75) is 75.2 Å². The second kappa shape index (κ2) is 14.6. The summed E-state index contributed by atoms with van der Waals surface area (Å²) < 4.78 is 42.4. The second-order valence-electron chi connectivity index (χ2n) is 14.3. The van der Waals surface area contributed by atoms with Crippen molar-refractivity contribution >= 4 is 23.7 Å². The number of aryl methyl sites for hydroxylation is 1. The van der Waals surface area contributed by atoms with Crippen molar-refractivity contribution in [1.82, 2.24) is 15.1 Å². The van der Waals surface area contributed by atoms with E-state index in [2.05, 4.69) is 34.3 Å². The first-order valence-corrected chi connectivity index (χ1v) is 19.1. The Morgan fingerprint density at radius 3 is 2.56 bits per heavy atom. The van der Waals surface area contributed by atoms with Gasteiger partial charge in [0.1, 0.15) is 24.4 Å². The van der Waals surface area contributed by atoms with Crippen LogP contribution >= 0.6 is 11.8 Å². The van der Waals surface area contributed by atoms with Crippen molar-refractivity contribution in [3.8, 4) is 34.8 Å². The van der Waals surface area contributed by atoms with E-state index in [4.69, 9.17) is 33.2 Å². The van der Waals surface area contributed by atoms with E-state index in [9.17, 15) is 14.9 Å². The molecule has 0 aromatic heterocycles. The summed E-state index contributed by atoms with van der Waals surface area (Å²) in [4.78, 5) is 31.4. The second-order valence-corrected chi connectivity index (χ2v) is 15.5. The van der Waals surface area contributed by atoms with Gasteiger partial charge in [0, 0.05) is 60.7 Å². The predicted octanol–water partition coefficient (Wildman–Crippen LogP) is 4.67. The number of rotatable bonds is 8. The molecule has 7 atom stereocenters. The molecule has 0 radical (unpaired) electrons. The average molecular weight is 757 g/mol. The van der Waals surface area contributed by atoms with Crippen LogP contribution in [-0.2, 0) is 32.0 Å². The van der Waals surface area contributed by atoms with Gasteiger partial charge in [-0.3, -0.25) is 24.7 Å². The molecule has 1 unspecified atom stereocenters. The zero-order valence-corrected chi connectivity index (χ0v) is 32.0. The number of benzene rings is 3. The van der Waals surface area contributed by atoms with Gasteiger partial charge in [-0.15, -0.1) is 11.8 Å². The summed E-state index contributed by atoms with van der Waals surface area (Å²) in [6, 6.07) is 11.9. The number of thioether (sulfide) groups is 1. The standard InChI is InChI=1S/C40H44N4O9S/c1-20-12-24-13-26-27(14-41)44-28-16-49-40(46)25(42-15-23-10-8-7-9-11-23)17-54-39(31-30(28)38-36(51-19-52-38)21(2)35(31)53-22(3)45)33(44)32(43(26)4)29(24)37(34(20)48-6)50-18-47-5/h7-12,25-28,32-33,39,42H,13,15-19H2,1-6H3/t25-,26-,27-,28-,32-,33?,39+/m0/s1. The van der Waals surface area contributed by atoms with E-state index >= 15 is 0 Å². The SMILES string of the molecule is COCOc1c(OC)c(C)cc2c1[C@H]1C3[C@@H]4SC[C@H](NCc5ccccc5)C(=O)OC[C@@H](c5c6c(c(C)c(OC(C)=O)c54)OCO6)N3[C@@H](C#N)[C@H](C2)N1C. The Hall–Kier alpha value is -4.52. The third-order valence-corrected chi connectivity index (χ3v) is 12.8. The van der Waals surface area contributed by atoms with Crippen LogP contribution in [0.3, 0.4) is 0 Å². The number of hydrogen-bond acceptors (Lipinski definition) is 14. The number of fused-ring (bicyclic) bond motifs is 10. The molecule has 6 heterocycles. The van der Waals surface area contributed by atoms with Crippen molar-refractivity contribution in [1.29, 1.82) is 5.26 Å². The molecule has 2 fully saturated rings. The molecule has 54 heavy (non-hydrogen) atoms. The molecule has 14 heteroatoms. The molecule has 3 aromatic carbocycles. The molecule has 13 nitrogen and oxygen atoms in total. The number of nitrogens with one attached hydrogen (secondary N) is 1. The number of esters is 2. The van der Waals surface area contributed by atoms with Crippen LogP contribution in [0.2, 0.25) is 0 Å². The lowest BCUT2D eigenvalue weighted by Gasteiger charge is -2.61. The van der Waals surface area contributed by atoms with Gasteiger partial charge in [-0.2, -0.15) is 5.26 Å². The predicted molar refractivity (Wildman–Crippen MR) is 198 cm³/mol. The highest BCUT2D eigenvalue weighted by Gasteiger charge is 2.61. The molecule has 1 N–H and O–H groups in total. The molecule has 9 rings (SSSR count). The number of ether oxygens (including phenoxy) is 7. The number of piperazine rings is 1. The molecular weight excluding hydrogens is 713 g/mol. The summed E-state index contributed by atoms with van der Waals surface area (Å²) in [5.41, 5.74) is 6.11. The first-order valence-electron chi connectivity index (χ1n) is 18.1. The fourth-order valence-electron chi connectivity index (χ4n) is 9.18. The van der Waals surface area contributed by atoms with Gasteiger partial charge in [0.05, 0.1) is 30.5 Å². The molecule has 0 spiro atoms. The largest absolute Gasteiger partial charge is 0.493 e. The van der Waals surface area contributed by atoms with E-state index < -0.39 is 35.4 Å². The smallest absolute Gasteiger partial charge is 0.324 e. The van der Waals surface area contributed by atoms with Gasteiger partial charge in [0.15, 0.2) is 29.8 Å². The Morgan fingerprint density at radius 1 is 1.06 bits per heavy atom. The summed E-state index contributed by atoms with van der Waals surface area (Å²) in [5.74, 6) is 2.07. The minimum Gasteiger partial charge on any atom is -0.493 e. The number of nitriles is 1. The van der Waals surface area contributed by atoms with Crippen LogP contribution in [0, 0.1) is 25.2 Å². The van der Waals surface area contributed by atoms with E-state index in [-0.39, 0.29) is 38.2 Å². The highest BCUT2D eigenvalue weighted by Crippen LogP contribution is 2.64. The average Bonchev–Trinajstić information content (AvgIpc) is 3.65. The molecule has 0 saturated carbocycles. The molecule has 0 amide bonds. The molecule has 6 aliphatic rings. The van der Waals surface area contributed by atoms with Crippen molar-refractivity contribution in [2.24, 2.45) is 0 Å². The third-order valence-electron chi connectivity index (χ3n) is 11.4. The summed E-state index contributed by atoms with van der Waals surface area (Å²) >= 11 is 1.57. The molecule has 4 bridgehead atoms. The quantitative estimate of drug-likeness (QED) is 0.193. The monoisotopic (exact) mass is 756 g/mol. The Kier molecular flexibility index (Phi) is 9.87. The maximum absolute atomic E-state index is 14.0. The topological polar surface area (TPSA) is 141 Å². The van der Waals surface area contributed by atoms with E-state index in [1.807, 2.05) is 44.2 Å². The van der Waals surface area contributed by atoms with Crippen LogP contribution in [0.25, 0.3) is 0 Å². The van der Waals surface area contributed by atoms with E-state index in [1.54, 1.807) is 26.0 Å². The number of hydrogen-bond donors (Lipinski definition) is 1. The Balaban J connectivity index is 1.36. The van der Waals surface area contributed by atoms with E-state index in [1.165, 1.54) is 6.92 Å². The Labute approximate surface area is 318 Å². The Morgan fingerprint density at radius 2 is 1.83 bits per heavy atom. The van der Waals surface area contributed by atoms with Crippen LogP contribution in [-0.4, -0.2) is 93.1 Å². The number of nitrogens with zero attached hydrogens (tertiary/aromatic N) is 3. The highest BCUT2D eigenvalue weighted by atomic mass is 32.2. The summed E-state index contributed by atoms with van der Waals surface area (Å²) in [7, 11) is 5.28. The minimum absolute atomic E-state index is 0.00887. The van der Waals surface area contributed by atoms with Gasteiger partial charge in [-0.05, 0) is 44.0 Å². The normalized spacial score (nSPS) is 26.8. The third kappa shape index (κ3) is 5.84. The Bertz CT molecular complexity index is 2020. The maximum atomic E-state index is 14.0. The van der Waals surface area contributed by atoms with Crippen LogP contribution in [0.4, 0.5) is 0 Å². The van der Waals surface area contributed by atoms with Crippen LogP contribution in [0.5, 0.6) is 28.7 Å².